The summed E-state index contributed by atoms with van der Waals surface area (Å²) in [4.78, 5) is 23.1. The van der Waals surface area contributed by atoms with Gasteiger partial charge in [-0.15, -0.1) is 0 Å². The maximum absolute atomic E-state index is 12.4. The average molecular weight is 407 g/mol. The quantitative estimate of drug-likeness (QED) is 0.450. The van der Waals surface area contributed by atoms with Crippen LogP contribution in [0.5, 0.6) is 5.75 Å². The van der Waals surface area contributed by atoms with E-state index in [1.54, 1.807) is 18.2 Å². The van der Waals surface area contributed by atoms with Gasteiger partial charge in [0.15, 0.2) is 5.76 Å². The molecule has 0 fully saturated rings. The van der Waals surface area contributed by atoms with Gasteiger partial charge in [-0.1, -0.05) is 23.2 Å². The van der Waals surface area contributed by atoms with Gasteiger partial charge in [0, 0.05) is 5.02 Å². The lowest BCUT2D eigenvalue weighted by Crippen LogP contribution is -2.11. The van der Waals surface area contributed by atoms with Crippen molar-refractivity contribution in [3.8, 4) is 17.1 Å². The number of nitrogens with zero attached hydrogens (tertiary/aromatic N) is 1. The predicted molar refractivity (Wildman–Crippen MR) is 102 cm³/mol. The molecule has 7 nitrogen and oxygen atoms in total. The fourth-order valence-corrected chi connectivity index (χ4v) is 2.83. The number of rotatable bonds is 5. The van der Waals surface area contributed by atoms with E-state index in [1.807, 2.05) is 0 Å². The van der Waals surface area contributed by atoms with E-state index < -0.39 is 10.8 Å². The molecule has 3 rings (SSSR count). The van der Waals surface area contributed by atoms with E-state index in [2.05, 4.69) is 5.32 Å². The number of amides is 1. The summed E-state index contributed by atoms with van der Waals surface area (Å²) in [5, 5.41) is 14.6. The van der Waals surface area contributed by atoms with Crippen LogP contribution in [-0.4, -0.2) is 17.9 Å². The van der Waals surface area contributed by atoms with E-state index in [1.165, 1.54) is 37.4 Å². The van der Waals surface area contributed by atoms with Crippen LogP contribution in [0.4, 0.5) is 11.4 Å². The Hall–Kier alpha value is -3.03. The third-order valence-electron chi connectivity index (χ3n) is 3.68. The van der Waals surface area contributed by atoms with Crippen LogP contribution in [0.3, 0.4) is 0 Å². The molecule has 1 N–H and O–H groups in total. The van der Waals surface area contributed by atoms with Gasteiger partial charge < -0.3 is 14.5 Å². The minimum Gasteiger partial charge on any atom is -0.497 e. The molecule has 0 saturated heterocycles. The van der Waals surface area contributed by atoms with Crippen LogP contribution in [0.25, 0.3) is 11.3 Å². The van der Waals surface area contributed by atoms with Crippen molar-refractivity contribution in [2.75, 3.05) is 12.4 Å². The number of furan rings is 1. The Morgan fingerprint density at radius 2 is 1.93 bits per heavy atom. The topological polar surface area (TPSA) is 94.6 Å². The number of nitro benzene ring substituents is 1. The van der Waals surface area contributed by atoms with Crippen molar-refractivity contribution < 1.29 is 18.9 Å². The molecule has 0 aliphatic rings. The van der Waals surface area contributed by atoms with Crippen molar-refractivity contribution in [3.05, 3.63) is 74.5 Å². The highest BCUT2D eigenvalue weighted by Crippen LogP contribution is 2.34. The van der Waals surface area contributed by atoms with Gasteiger partial charge >= 0.3 is 0 Å². The summed E-state index contributed by atoms with van der Waals surface area (Å²) in [6.07, 6.45) is 0. The number of benzene rings is 2. The number of hydrogen-bond acceptors (Lipinski definition) is 5. The van der Waals surface area contributed by atoms with Crippen molar-refractivity contribution in [2.24, 2.45) is 0 Å². The summed E-state index contributed by atoms with van der Waals surface area (Å²) in [7, 11) is 1.41. The van der Waals surface area contributed by atoms with Crippen LogP contribution in [0.2, 0.25) is 10.0 Å². The molecule has 2 aromatic carbocycles. The zero-order valence-corrected chi connectivity index (χ0v) is 15.4. The number of nitro groups is 1. The summed E-state index contributed by atoms with van der Waals surface area (Å²) in [6, 6.07) is 11.9. The van der Waals surface area contributed by atoms with E-state index in [0.29, 0.717) is 16.5 Å². The highest BCUT2D eigenvalue weighted by Gasteiger charge is 2.21. The smallest absolute Gasteiger partial charge is 0.291 e. The standard InChI is InChI=1S/C18H12Cl2N2O5/c1-26-11-3-4-12(15(9-11)22(24)25)16-6-7-17(27-16)18(23)21-14-5-2-10(19)8-13(14)20/h2-9H,1H3,(H,21,23). The molecule has 0 saturated carbocycles. The lowest BCUT2D eigenvalue weighted by molar-refractivity contribution is -0.384. The molecule has 0 atom stereocenters. The number of hydrogen-bond donors (Lipinski definition) is 1. The Morgan fingerprint density at radius 1 is 1.15 bits per heavy atom. The first kappa shape index (κ1) is 18.8. The van der Waals surface area contributed by atoms with E-state index >= 15 is 0 Å². The van der Waals surface area contributed by atoms with Crippen molar-refractivity contribution >= 4 is 40.5 Å². The van der Waals surface area contributed by atoms with Gasteiger partial charge in [0.05, 0.1) is 34.4 Å². The van der Waals surface area contributed by atoms with E-state index in [9.17, 15) is 14.9 Å². The number of halogens is 2. The Labute approximate surface area is 163 Å². The van der Waals surface area contributed by atoms with Crippen LogP contribution >= 0.6 is 23.2 Å². The first-order chi connectivity index (χ1) is 12.9. The number of anilines is 1. The Kier molecular flexibility index (Phi) is 5.34. The molecule has 0 radical (unpaired) electrons. The fourth-order valence-electron chi connectivity index (χ4n) is 2.38. The second-order valence-electron chi connectivity index (χ2n) is 5.38. The number of nitrogens with one attached hydrogen (secondary N) is 1. The molecule has 1 aromatic heterocycles. The van der Waals surface area contributed by atoms with Crippen molar-refractivity contribution in [3.63, 3.8) is 0 Å². The van der Waals surface area contributed by atoms with E-state index in [-0.39, 0.29) is 27.8 Å². The van der Waals surface area contributed by atoms with E-state index in [4.69, 9.17) is 32.4 Å². The van der Waals surface area contributed by atoms with Gasteiger partial charge in [0.2, 0.25) is 0 Å². The highest BCUT2D eigenvalue weighted by atomic mass is 35.5. The SMILES string of the molecule is COc1ccc(-c2ccc(C(=O)Nc3ccc(Cl)cc3Cl)o2)c([N+](=O)[O-])c1. The largest absolute Gasteiger partial charge is 0.497 e. The molecule has 0 spiro atoms. The minimum atomic E-state index is -0.554. The summed E-state index contributed by atoms with van der Waals surface area (Å²) in [6.45, 7) is 0. The number of methoxy groups -OCH3 is 1. The van der Waals surface area contributed by atoms with Crippen LogP contribution in [0.15, 0.2) is 52.9 Å². The van der Waals surface area contributed by atoms with Gasteiger partial charge in [0.25, 0.3) is 11.6 Å². The Morgan fingerprint density at radius 3 is 2.59 bits per heavy atom. The first-order valence-electron chi connectivity index (χ1n) is 7.58. The maximum atomic E-state index is 12.4. The molecule has 9 heteroatoms. The fraction of sp³-hybridized carbons (Fsp3) is 0.0556. The average Bonchev–Trinajstić information content (AvgIpc) is 3.13. The van der Waals surface area contributed by atoms with Crippen molar-refractivity contribution in [1.82, 2.24) is 0 Å². The third kappa shape index (κ3) is 4.05. The van der Waals surface area contributed by atoms with Gasteiger partial charge in [-0.3, -0.25) is 14.9 Å². The molecule has 1 heterocycles. The van der Waals surface area contributed by atoms with Gasteiger partial charge in [0.1, 0.15) is 11.5 Å². The predicted octanol–water partition coefficient (Wildman–Crippen LogP) is 5.42. The summed E-state index contributed by atoms with van der Waals surface area (Å²) >= 11 is 11.9. The van der Waals surface area contributed by atoms with Gasteiger partial charge in [-0.25, -0.2) is 0 Å². The second-order valence-corrected chi connectivity index (χ2v) is 6.23. The van der Waals surface area contributed by atoms with Crippen molar-refractivity contribution in [2.45, 2.75) is 0 Å². The molecule has 27 heavy (non-hydrogen) atoms. The second kappa shape index (κ2) is 7.69. The minimum absolute atomic E-state index is 0.0267. The highest BCUT2D eigenvalue weighted by molar-refractivity contribution is 6.36. The summed E-state index contributed by atoms with van der Waals surface area (Å²) in [5.74, 6) is -0.0631. The first-order valence-corrected chi connectivity index (χ1v) is 8.33. The number of carbonyl (C=O) groups excluding carboxylic acids is 1. The monoisotopic (exact) mass is 406 g/mol. The third-order valence-corrected chi connectivity index (χ3v) is 4.22. The summed E-state index contributed by atoms with van der Waals surface area (Å²) in [5.41, 5.74) is 0.389. The maximum Gasteiger partial charge on any atom is 0.291 e. The molecule has 0 aliphatic heterocycles. The molecule has 0 aliphatic carbocycles. The molecule has 138 valence electrons. The normalized spacial score (nSPS) is 10.5. The molecular formula is C18H12Cl2N2O5. The van der Waals surface area contributed by atoms with E-state index in [0.717, 1.165) is 0 Å². The Bertz CT molecular complexity index is 1030. The number of carbonyl (C=O) groups is 1. The van der Waals surface area contributed by atoms with Gasteiger partial charge in [-0.05, 0) is 42.5 Å². The van der Waals surface area contributed by atoms with Crippen LogP contribution in [0.1, 0.15) is 10.6 Å². The van der Waals surface area contributed by atoms with Crippen LogP contribution in [0, 0.1) is 10.1 Å². The van der Waals surface area contributed by atoms with Crippen LogP contribution in [-0.2, 0) is 0 Å². The molecule has 3 aromatic rings. The zero-order valence-electron chi connectivity index (χ0n) is 13.9. The molecular weight excluding hydrogens is 395 g/mol. The molecule has 0 bridgehead atoms. The molecule has 1 amide bonds. The lowest BCUT2D eigenvalue weighted by Gasteiger charge is -2.06. The van der Waals surface area contributed by atoms with Gasteiger partial charge in [-0.2, -0.15) is 0 Å². The van der Waals surface area contributed by atoms with Crippen molar-refractivity contribution in [1.29, 1.82) is 0 Å². The summed E-state index contributed by atoms with van der Waals surface area (Å²) < 4.78 is 10.5. The van der Waals surface area contributed by atoms with Crippen LogP contribution < -0.4 is 10.1 Å². The number of ether oxygens (including phenoxy) is 1. The zero-order chi connectivity index (χ0) is 19.6. The lowest BCUT2D eigenvalue weighted by atomic mass is 10.1. The molecule has 0 unspecified atom stereocenters. The Balaban J connectivity index is 1.88.